The first-order chi connectivity index (χ1) is 11.3. The van der Waals surface area contributed by atoms with Gasteiger partial charge in [-0.1, -0.05) is 11.6 Å². The third-order valence-electron chi connectivity index (χ3n) is 4.60. The van der Waals surface area contributed by atoms with Gasteiger partial charge >= 0.3 is 6.18 Å². The van der Waals surface area contributed by atoms with Crippen molar-refractivity contribution in [3.63, 3.8) is 0 Å². The lowest BCUT2D eigenvalue weighted by atomic mass is 9.94. The van der Waals surface area contributed by atoms with Gasteiger partial charge in [0.1, 0.15) is 0 Å². The van der Waals surface area contributed by atoms with Crippen LogP contribution in [0.2, 0.25) is 5.02 Å². The van der Waals surface area contributed by atoms with Gasteiger partial charge in [0.05, 0.1) is 25.3 Å². The third kappa shape index (κ3) is 3.62. The van der Waals surface area contributed by atoms with Crippen molar-refractivity contribution in [2.75, 3.05) is 32.8 Å². The van der Waals surface area contributed by atoms with E-state index in [9.17, 15) is 13.2 Å². The fraction of sp³-hybridized carbons (Fsp3) is 0.562. The van der Waals surface area contributed by atoms with Gasteiger partial charge in [-0.3, -0.25) is 4.99 Å². The second kappa shape index (κ2) is 6.44. The predicted octanol–water partition coefficient (Wildman–Crippen LogP) is 3.04. The zero-order valence-corrected chi connectivity index (χ0v) is 13.8. The molecule has 1 aromatic rings. The number of nitrogens with two attached hydrogens (primary N) is 1. The molecule has 1 saturated heterocycles. The van der Waals surface area contributed by atoms with Crippen molar-refractivity contribution in [2.24, 2.45) is 10.7 Å². The number of nitrogens with zero attached hydrogens (tertiary/aromatic N) is 2. The number of halogens is 4. The molecule has 0 aromatic heterocycles. The third-order valence-corrected chi connectivity index (χ3v) is 4.93. The Bertz CT molecular complexity index is 638. The Morgan fingerprint density at radius 1 is 1.29 bits per heavy atom. The molecule has 1 saturated carbocycles. The van der Waals surface area contributed by atoms with Crippen LogP contribution in [-0.2, 0) is 16.3 Å². The fourth-order valence-corrected chi connectivity index (χ4v) is 3.21. The molecule has 3 rings (SSSR count). The highest BCUT2D eigenvalue weighted by Gasteiger charge is 2.46. The molecule has 0 amide bonds. The average Bonchev–Trinajstić information content (AvgIpc) is 3.34. The topological polar surface area (TPSA) is 50.8 Å². The summed E-state index contributed by atoms with van der Waals surface area (Å²) in [6.45, 7) is 2.89. The van der Waals surface area contributed by atoms with E-state index >= 15 is 0 Å². The number of benzene rings is 1. The zero-order chi connectivity index (χ0) is 17.4. The second-order valence-electron chi connectivity index (χ2n) is 6.25. The summed E-state index contributed by atoms with van der Waals surface area (Å²) in [7, 11) is 0. The summed E-state index contributed by atoms with van der Waals surface area (Å²) in [4.78, 5) is 6.34. The normalized spacial score (nSPS) is 21.0. The summed E-state index contributed by atoms with van der Waals surface area (Å²) in [5, 5.41) is 0.348. The lowest BCUT2D eigenvalue weighted by molar-refractivity contribution is -0.137. The number of alkyl halides is 3. The van der Waals surface area contributed by atoms with E-state index in [-0.39, 0.29) is 0 Å². The molecular formula is C16H19ClF3N3O. The lowest BCUT2D eigenvalue weighted by Crippen LogP contribution is -2.45. The van der Waals surface area contributed by atoms with Crippen molar-refractivity contribution in [1.29, 1.82) is 0 Å². The minimum Gasteiger partial charge on any atom is -0.378 e. The van der Waals surface area contributed by atoms with Crippen LogP contribution in [0.15, 0.2) is 23.2 Å². The minimum absolute atomic E-state index is 0.344. The summed E-state index contributed by atoms with van der Waals surface area (Å²) in [5.74, 6) is 0.410. The van der Waals surface area contributed by atoms with Crippen LogP contribution in [0.4, 0.5) is 13.2 Å². The number of ether oxygens (including phenoxy) is 1. The van der Waals surface area contributed by atoms with Crippen molar-refractivity contribution in [1.82, 2.24) is 4.90 Å². The molecule has 0 atom stereocenters. The second-order valence-corrected chi connectivity index (χ2v) is 6.65. The number of guanidine groups is 1. The van der Waals surface area contributed by atoms with Gasteiger partial charge in [-0.15, -0.1) is 0 Å². The summed E-state index contributed by atoms with van der Waals surface area (Å²) in [5.41, 5.74) is 5.40. The van der Waals surface area contributed by atoms with E-state index in [4.69, 9.17) is 22.1 Å². The molecule has 1 aromatic carbocycles. The Morgan fingerprint density at radius 3 is 2.54 bits per heavy atom. The van der Waals surface area contributed by atoms with Gasteiger partial charge < -0.3 is 15.4 Å². The zero-order valence-electron chi connectivity index (χ0n) is 13.1. The van der Waals surface area contributed by atoms with Crippen LogP contribution in [0.3, 0.4) is 0 Å². The first-order valence-corrected chi connectivity index (χ1v) is 8.19. The summed E-state index contributed by atoms with van der Waals surface area (Å²) in [6, 6.07) is 3.47. The Balaban J connectivity index is 1.79. The minimum atomic E-state index is -4.38. The molecule has 2 N–H and O–H groups in total. The molecule has 0 spiro atoms. The van der Waals surface area contributed by atoms with Gasteiger partial charge in [-0.2, -0.15) is 13.2 Å². The Labute approximate surface area is 143 Å². The van der Waals surface area contributed by atoms with Crippen molar-refractivity contribution in [3.8, 4) is 0 Å². The summed E-state index contributed by atoms with van der Waals surface area (Å²) < 4.78 is 44.1. The highest BCUT2D eigenvalue weighted by molar-refractivity contribution is 6.31. The highest BCUT2D eigenvalue weighted by Crippen LogP contribution is 2.51. The van der Waals surface area contributed by atoms with Crippen molar-refractivity contribution in [2.45, 2.75) is 24.4 Å². The fourth-order valence-electron chi connectivity index (χ4n) is 2.90. The molecule has 0 unspecified atom stereocenters. The van der Waals surface area contributed by atoms with Crippen LogP contribution in [0.5, 0.6) is 0 Å². The maximum atomic E-state index is 13.0. The van der Waals surface area contributed by atoms with Crippen molar-refractivity contribution < 1.29 is 17.9 Å². The van der Waals surface area contributed by atoms with E-state index in [2.05, 4.69) is 4.99 Å². The highest BCUT2D eigenvalue weighted by atomic mass is 35.5. The molecule has 0 radical (unpaired) electrons. The maximum Gasteiger partial charge on any atom is 0.416 e. The van der Waals surface area contributed by atoms with Crippen molar-refractivity contribution in [3.05, 3.63) is 34.3 Å². The van der Waals surface area contributed by atoms with Crippen LogP contribution in [-0.4, -0.2) is 43.7 Å². The first kappa shape index (κ1) is 17.4. The molecule has 1 aliphatic heterocycles. The summed E-state index contributed by atoms with van der Waals surface area (Å²) >= 11 is 6.16. The first-order valence-electron chi connectivity index (χ1n) is 7.82. The number of hydrogen-bond acceptors (Lipinski definition) is 2. The largest absolute Gasteiger partial charge is 0.416 e. The molecule has 0 bridgehead atoms. The SMILES string of the molecule is NC(=NCC1(c2cc(C(F)(F)F)ccc2Cl)CC1)N1CCOCC1. The van der Waals surface area contributed by atoms with E-state index in [0.717, 1.165) is 25.0 Å². The van der Waals surface area contributed by atoms with E-state index in [1.54, 1.807) is 0 Å². The average molecular weight is 362 g/mol. The molecule has 1 aliphatic carbocycles. The monoisotopic (exact) mass is 361 g/mol. The Morgan fingerprint density at radius 2 is 1.96 bits per heavy atom. The van der Waals surface area contributed by atoms with Gasteiger partial charge in [-0.25, -0.2) is 0 Å². The van der Waals surface area contributed by atoms with Crippen LogP contribution in [0.25, 0.3) is 0 Å². The summed E-state index contributed by atoms with van der Waals surface area (Å²) in [6.07, 6.45) is -2.87. The molecular weight excluding hydrogens is 343 g/mol. The van der Waals surface area contributed by atoms with Crippen LogP contribution >= 0.6 is 11.6 Å². The standard InChI is InChI=1S/C16H19ClF3N3O/c17-13-2-1-11(16(18,19)20)9-12(13)15(3-4-15)10-22-14(21)23-5-7-24-8-6-23/h1-2,9H,3-8,10H2,(H2,21,22). The van der Waals surface area contributed by atoms with Crippen LogP contribution in [0, 0.1) is 0 Å². The van der Waals surface area contributed by atoms with Crippen LogP contribution in [0.1, 0.15) is 24.0 Å². The van der Waals surface area contributed by atoms with Crippen molar-refractivity contribution >= 4 is 17.6 Å². The number of hydrogen-bond donors (Lipinski definition) is 1. The van der Waals surface area contributed by atoms with Crippen LogP contribution < -0.4 is 5.73 Å². The molecule has 1 heterocycles. The van der Waals surface area contributed by atoms with E-state index in [0.29, 0.717) is 49.4 Å². The Kier molecular flexibility index (Phi) is 4.66. The number of rotatable bonds is 3. The maximum absolute atomic E-state index is 13.0. The van der Waals surface area contributed by atoms with E-state index in [1.165, 1.54) is 6.07 Å². The molecule has 8 heteroatoms. The molecule has 2 fully saturated rings. The molecule has 4 nitrogen and oxygen atoms in total. The van der Waals surface area contributed by atoms with Gasteiger partial charge in [0.25, 0.3) is 0 Å². The quantitative estimate of drug-likeness (QED) is 0.665. The van der Waals surface area contributed by atoms with Gasteiger partial charge in [-0.05, 0) is 36.6 Å². The van der Waals surface area contributed by atoms with Gasteiger partial charge in [0, 0.05) is 23.5 Å². The smallest absolute Gasteiger partial charge is 0.378 e. The number of aliphatic imine (C=N–C) groups is 1. The van der Waals surface area contributed by atoms with E-state index in [1.807, 2.05) is 4.90 Å². The van der Waals surface area contributed by atoms with E-state index < -0.39 is 17.2 Å². The molecule has 2 aliphatic rings. The molecule has 132 valence electrons. The molecule has 24 heavy (non-hydrogen) atoms. The Hall–Kier alpha value is -1.47. The van der Waals surface area contributed by atoms with Gasteiger partial charge in [0.15, 0.2) is 5.96 Å². The predicted molar refractivity (Wildman–Crippen MR) is 86.2 cm³/mol. The number of morpholine rings is 1. The van der Waals surface area contributed by atoms with Gasteiger partial charge in [0.2, 0.25) is 0 Å². The lowest BCUT2D eigenvalue weighted by Gasteiger charge is -2.28.